The first-order valence-corrected chi connectivity index (χ1v) is 9.19. The van der Waals surface area contributed by atoms with E-state index in [1.165, 1.54) is 50.6 Å². The Morgan fingerprint density at radius 2 is 1.17 bits per heavy atom. The summed E-state index contributed by atoms with van der Waals surface area (Å²) in [7, 11) is 2.48. The van der Waals surface area contributed by atoms with E-state index in [1.807, 2.05) is 0 Å². The maximum absolute atomic E-state index is 12.3. The Hall–Kier alpha value is -3.62. The fraction of sp³-hybridized carbons (Fsp3) is 0.333. The van der Waals surface area contributed by atoms with Gasteiger partial charge in [0.05, 0.1) is 25.3 Å². The molecule has 158 valence electrons. The summed E-state index contributed by atoms with van der Waals surface area (Å²) in [5.74, 6) is -2.63. The summed E-state index contributed by atoms with van der Waals surface area (Å²) in [6, 6.07) is 8.58. The molecule has 0 N–H and O–H groups in total. The third-order valence-corrected chi connectivity index (χ3v) is 4.62. The number of furan rings is 1. The van der Waals surface area contributed by atoms with Crippen molar-refractivity contribution in [1.82, 2.24) is 0 Å². The maximum Gasteiger partial charge on any atom is 0.374 e. The Morgan fingerprint density at radius 3 is 1.70 bits per heavy atom. The van der Waals surface area contributed by atoms with Crippen LogP contribution in [-0.4, -0.2) is 50.3 Å². The van der Waals surface area contributed by atoms with Crippen LogP contribution < -0.4 is 0 Å². The lowest BCUT2D eigenvalue weighted by Crippen LogP contribution is -2.19. The zero-order valence-electron chi connectivity index (χ0n) is 16.4. The van der Waals surface area contributed by atoms with E-state index in [9.17, 15) is 19.2 Å². The van der Waals surface area contributed by atoms with Crippen LogP contribution >= 0.6 is 0 Å². The summed E-state index contributed by atoms with van der Waals surface area (Å²) < 4.78 is 25.1. The van der Waals surface area contributed by atoms with Gasteiger partial charge >= 0.3 is 23.9 Å². The summed E-state index contributed by atoms with van der Waals surface area (Å²) in [5, 5.41) is 0. The van der Waals surface area contributed by atoms with E-state index in [1.54, 1.807) is 0 Å². The normalized spacial score (nSPS) is 17.8. The van der Waals surface area contributed by atoms with E-state index in [0.29, 0.717) is 30.4 Å². The second kappa shape index (κ2) is 9.25. The number of rotatable bonds is 6. The Kier molecular flexibility index (Phi) is 6.51. The van der Waals surface area contributed by atoms with Gasteiger partial charge in [0.2, 0.25) is 11.5 Å². The van der Waals surface area contributed by atoms with Crippen molar-refractivity contribution in [2.24, 2.45) is 0 Å². The Labute approximate surface area is 171 Å². The molecule has 1 fully saturated rings. The maximum atomic E-state index is 12.3. The topological polar surface area (TPSA) is 118 Å². The van der Waals surface area contributed by atoms with Crippen molar-refractivity contribution < 1.29 is 42.5 Å². The Balaban J connectivity index is 1.51. The molecule has 0 aliphatic heterocycles. The summed E-state index contributed by atoms with van der Waals surface area (Å²) in [6.07, 6.45) is 0.564. The number of benzene rings is 1. The van der Waals surface area contributed by atoms with Crippen LogP contribution in [-0.2, 0) is 18.9 Å². The second-order valence-corrected chi connectivity index (χ2v) is 6.59. The predicted octanol–water partition coefficient (Wildman–Crippen LogP) is 2.79. The standard InChI is InChI=1S/C21H20O9/c1-26-18(22)12-3-5-13(6-4-12)19(23)28-14-7-8-15(11-14)29-21(25)17-10-9-16(30-17)20(24)27-2/h3-6,9-10,14-15H,7-8,11H2,1-2H3. The van der Waals surface area contributed by atoms with Gasteiger partial charge in [0.1, 0.15) is 12.2 Å². The lowest BCUT2D eigenvalue weighted by Gasteiger charge is -2.13. The molecule has 2 aromatic rings. The Morgan fingerprint density at radius 1 is 0.700 bits per heavy atom. The molecule has 0 amide bonds. The fourth-order valence-corrected chi connectivity index (χ4v) is 3.06. The third kappa shape index (κ3) is 4.86. The molecule has 2 unspecified atom stereocenters. The highest BCUT2D eigenvalue weighted by Gasteiger charge is 2.31. The summed E-state index contributed by atoms with van der Waals surface area (Å²) in [6.45, 7) is 0. The molecule has 1 heterocycles. The first-order valence-electron chi connectivity index (χ1n) is 9.19. The molecule has 1 aliphatic carbocycles. The van der Waals surface area contributed by atoms with Crippen molar-refractivity contribution in [1.29, 1.82) is 0 Å². The SMILES string of the molecule is COC(=O)c1ccc(C(=O)OC2CCC(OC(=O)c3ccc(C(=O)OC)o3)C2)cc1. The minimum atomic E-state index is -0.708. The van der Waals surface area contributed by atoms with E-state index in [2.05, 4.69) is 9.47 Å². The molecule has 1 saturated carbocycles. The highest BCUT2D eigenvalue weighted by Crippen LogP contribution is 2.27. The first-order chi connectivity index (χ1) is 14.4. The molecule has 3 rings (SSSR count). The second-order valence-electron chi connectivity index (χ2n) is 6.59. The summed E-state index contributed by atoms with van der Waals surface area (Å²) >= 11 is 0. The van der Waals surface area contributed by atoms with Crippen molar-refractivity contribution in [2.45, 2.75) is 31.5 Å². The molecule has 9 nitrogen and oxygen atoms in total. The van der Waals surface area contributed by atoms with Crippen LogP contribution in [0.15, 0.2) is 40.8 Å². The minimum absolute atomic E-state index is 0.0964. The van der Waals surface area contributed by atoms with Crippen molar-refractivity contribution in [3.05, 3.63) is 59.0 Å². The zero-order valence-corrected chi connectivity index (χ0v) is 16.4. The van der Waals surface area contributed by atoms with Crippen LogP contribution in [0.2, 0.25) is 0 Å². The van der Waals surface area contributed by atoms with Gasteiger partial charge < -0.3 is 23.4 Å². The molecule has 9 heteroatoms. The zero-order chi connectivity index (χ0) is 21.7. The largest absolute Gasteiger partial charge is 0.465 e. The van der Waals surface area contributed by atoms with Crippen molar-refractivity contribution in [2.75, 3.05) is 14.2 Å². The number of hydrogen-bond donors (Lipinski definition) is 0. The van der Waals surface area contributed by atoms with Gasteiger partial charge in [-0.2, -0.15) is 0 Å². The molecule has 2 atom stereocenters. The molecule has 0 bridgehead atoms. The summed E-state index contributed by atoms with van der Waals surface area (Å²) in [5.41, 5.74) is 0.629. The van der Waals surface area contributed by atoms with E-state index in [4.69, 9.17) is 13.9 Å². The molecule has 1 aliphatic rings. The van der Waals surface area contributed by atoms with Crippen LogP contribution in [0.3, 0.4) is 0 Å². The highest BCUT2D eigenvalue weighted by molar-refractivity contribution is 5.93. The van der Waals surface area contributed by atoms with Gasteiger partial charge in [-0.25, -0.2) is 19.2 Å². The number of ether oxygens (including phenoxy) is 4. The number of carbonyl (C=O) groups is 4. The smallest absolute Gasteiger partial charge is 0.374 e. The molecule has 1 aromatic heterocycles. The van der Waals surface area contributed by atoms with Gasteiger partial charge in [-0.1, -0.05) is 0 Å². The fourth-order valence-electron chi connectivity index (χ4n) is 3.06. The van der Waals surface area contributed by atoms with Gasteiger partial charge in [0.15, 0.2) is 0 Å². The molecule has 0 spiro atoms. The van der Waals surface area contributed by atoms with Crippen LogP contribution in [0.25, 0.3) is 0 Å². The molecule has 0 radical (unpaired) electrons. The predicted molar refractivity (Wildman–Crippen MR) is 100 cm³/mol. The number of carbonyl (C=O) groups excluding carboxylic acids is 4. The van der Waals surface area contributed by atoms with Crippen LogP contribution in [0.5, 0.6) is 0 Å². The average Bonchev–Trinajstić information content (AvgIpc) is 3.42. The molecule has 30 heavy (non-hydrogen) atoms. The van der Waals surface area contributed by atoms with Gasteiger partial charge in [0, 0.05) is 6.42 Å². The van der Waals surface area contributed by atoms with Crippen molar-refractivity contribution >= 4 is 23.9 Å². The van der Waals surface area contributed by atoms with Gasteiger partial charge in [-0.15, -0.1) is 0 Å². The number of hydrogen-bond acceptors (Lipinski definition) is 9. The number of esters is 4. The lowest BCUT2D eigenvalue weighted by atomic mass is 10.1. The minimum Gasteiger partial charge on any atom is -0.465 e. The lowest BCUT2D eigenvalue weighted by molar-refractivity contribution is 0.0171. The van der Waals surface area contributed by atoms with E-state index < -0.39 is 36.1 Å². The van der Waals surface area contributed by atoms with Crippen LogP contribution in [0.4, 0.5) is 0 Å². The van der Waals surface area contributed by atoms with Crippen molar-refractivity contribution in [3.63, 3.8) is 0 Å². The third-order valence-electron chi connectivity index (χ3n) is 4.62. The van der Waals surface area contributed by atoms with E-state index in [0.717, 1.165) is 0 Å². The van der Waals surface area contributed by atoms with E-state index >= 15 is 0 Å². The van der Waals surface area contributed by atoms with Crippen LogP contribution in [0, 0.1) is 0 Å². The quantitative estimate of drug-likeness (QED) is 0.517. The summed E-state index contributed by atoms with van der Waals surface area (Å²) in [4.78, 5) is 47.3. The molecule has 1 aromatic carbocycles. The molecular formula is C21H20O9. The highest BCUT2D eigenvalue weighted by atomic mass is 16.6. The average molecular weight is 416 g/mol. The van der Waals surface area contributed by atoms with Crippen molar-refractivity contribution in [3.8, 4) is 0 Å². The molecule has 0 saturated heterocycles. The van der Waals surface area contributed by atoms with E-state index in [-0.39, 0.29) is 11.5 Å². The van der Waals surface area contributed by atoms with Crippen LogP contribution in [0.1, 0.15) is 61.1 Å². The monoisotopic (exact) mass is 416 g/mol. The van der Waals surface area contributed by atoms with Gasteiger partial charge in [-0.05, 0) is 49.2 Å². The Bertz CT molecular complexity index is 942. The van der Waals surface area contributed by atoms with Gasteiger partial charge in [0.25, 0.3) is 0 Å². The number of methoxy groups -OCH3 is 2. The first kappa shape index (κ1) is 21.1. The van der Waals surface area contributed by atoms with Gasteiger partial charge in [-0.3, -0.25) is 0 Å². The molecular weight excluding hydrogens is 396 g/mol.